The SMILES string of the molecule is CCN1C(=O)CNc2ncc(-c3ccc(-c4ncn[nH]4)nc3C)nc21.[2H]C1([2H])C(=C)N(CC)c2nc(-c3ccc(-c4nncn4C)nc3C)cnc2N1C. The number of carbonyl (C=O) groups is 1. The van der Waals surface area contributed by atoms with Gasteiger partial charge >= 0.3 is 0 Å². The second-order valence-electron chi connectivity index (χ2n) is 11.9. The first-order valence-corrected chi connectivity index (χ1v) is 16.6. The van der Waals surface area contributed by atoms with Gasteiger partial charge < -0.3 is 19.7 Å². The standard InChI is InChI=1S/C19H22N8.C16H16N8O/c1-6-27-12(2)10-25(4)18-19(27)23-16(9-20-18)14-7-8-15(22-13(14)3)17-24-21-11-26(17)5;1-3-24-13(25)7-18-15-16(24)22-12(6-17-15)10-4-5-11(21-9(10)2)14-19-8-20-23-14/h7-9,11H,2,6,10H2,1,3-5H3;4-6,8H,3,7H2,1-2H3,(H,17,18)(H,19,20,23)/i10D2;. The van der Waals surface area contributed by atoms with Crippen LogP contribution in [0.2, 0.25) is 0 Å². The predicted octanol–water partition coefficient (Wildman–Crippen LogP) is 3.84. The molecule has 0 spiro atoms. The first-order valence-electron chi connectivity index (χ1n) is 17.6. The molecule has 1 amide bonds. The van der Waals surface area contributed by atoms with E-state index in [9.17, 15) is 4.79 Å². The number of carbonyl (C=O) groups excluding carboxylic acids is 1. The Kier molecular flexibility index (Phi) is 8.40. The van der Waals surface area contributed by atoms with Crippen LogP contribution >= 0.6 is 0 Å². The average molecular weight is 701 g/mol. The fraction of sp³-hybridized carbons (Fsp3) is 0.286. The van der Waals surface area contributed by atoms with Crippen LogP contribution in [0.15, 0.2) is 61.6 Å². The van der Waals surface area contributed by atoms with E-state index in [1.165, 1.54) is 11.2 Å². The molecule has 0 radical (unpaired) electrons. The second kappa shape index (κ2) is 13.9. The third-order valence-electron chi connectivity index (χ3n) is 8.60. The first kappa shape index (κ1) is 31.3. The van der Waals surface area contributed by atoms with Gasteiger partial charge in [-0.15, -0.1) is 10.2 Å². The van der Waals surface area contributed by atoms with Crippen molar-refractivity contribution >= 4 is 29.2 Å². The molecule has 8 rings (SSSR count). The van der Waals surface area contributed by atoms with Gasteiger partial charge in [0, 0.05) is 55.4 Å². The number of aromatic amines is 1. The maximum atomic E-state index is 12.0. The van der Waals surface area contributed by atoms with Crippen LogP contribution in [-0.4, -0.2) is 98.9 Å². The number of nitrogens with one attached hydrogen (secondary N) is 2. The lowest BCUT2D eigenvalue weighted by molar-refractivity contribution is -0.117. The van der Waals surface area contributed by atoms with Crippen LogP contribution in [0.4, 0.5) is 23.3 Å². The smallest absolute Gasteiger partial charge is 0.247 e. The van der Waals surface area contributed by atoms with Crippen LogP contribution in [0.3, 0.4) is 0 Å². The molecule has 17 heteroatoms. The zero-order valence-corrected chi connectivity index (χ0v) is 29.6. The van der Waals surface area contributed by atoms with E-state index in [2.05, 4.69) is 62.2 Å². The fourth-order valence-electron chi connectivity index (χ4n) is 5.98. The van der Waals surface area contributed by atoms with Gasteiger partial charge in [-0.1, -0.05) is 6.58 Å². The largest absolute Gasteiger partial charge is 0.358 e. The molecule has 2 N–H and O–H groups in total. The zero-order chi connectivity index (χ0) is 38.3. The number of fused-ring (bicyclic) bond motifs is 2. The molecule has 0 bridgehead atoms. The molecule has 6 aromatic heterocycles. The lowest BCUT2D eigenvalue weighted by Crippen LogP contribution is -2.40. The normalized spacial score (nSPS) is 15.2. The zero-order valence-electron chi connectivity index (χ0n) is 31.6. The summed E-state index contributed by atoms with van der Waals surface area (Å²) in [6, 6.07) is 7.60. The molecular weight excluding hydrogens is 660 g/mol. The van der Waals surface area contributed by atoms with Gasteiger partial charge in [0.25, 0.3) is 0 Å². The van der Waals surface area contributed by atoms with Crippen LogP contribution in [0.25, 0.3) is 45.6 Å². The predicted molar refractivity (Wildman–Crippen MR) is 197 cm³/mol. The van der Waals surface area contributed by atoms with Crippen molar-refractivity contribution in [2.75, 3.05) is 53.2 Å². The van der Waals surface area contributed by atoms with Crippen molar-refractivity contribution in [1.29, 1.82) is 0 Å². The van der Waals surface area contributed by atoms with Crippen molar-refractivity contribution in [3.05, 3.63) is 73.0 Å². The monoisotopic (exact) mass is 700 g/mol. The van der Waals surface area contributed by atoms with E-state index < -0.39 is 6.50 Å². The minimum Gasteiger partial charge on any atom is -0.358 e. The summed E-state index contributed by atoms with van der Waals surface area (Å²) in [5, 5.41) is 17.6. The number of H-pyrrole nitrogens is 1. The van der Waals surface area contributed by atoms with Gasteiger partial charge in [-0.05, 0) is 52.0 Å². The highest BCUT2D eigenvalue weighted by Crippen LogP contribution is 2.35. The summed E-state index contributed by atoms with van der Waals surface area (Å²) in [5.74, 6) is 3.52. The third-order valence-corrected chi connectivity index (χ3v) is 8.60. The number of likely N-dealkylation sites (N-methyl/N-ethyl adjacent to an activating group) is 3. The average Bonchev–Trinajstić information content (AvgIpc) is 3.87. The summed E-state index contributed by atoms with van der Waals surface area (Å²) in [6.45, 7) is 11.2. The number of anilines is 4. The Labute approximate surface area is 302 Å². The molecule has 6 aromatic rings. The maximum absolute atomic E-state index is 12.0. The Morgan fingerprint density at radius 3 is 2.13 bits per heavy atom. The molecule has 2 aliphatic heterocycles. The van der Waals surface area contributed by atoms with Crippen LogP contribution in [-0.2, 0) is 11.8 Å². The highest BCUT2D eigenvalue weighted by Gasteiger charge is 2.27. The number of hydrogen-bond acceptors (Lipinski definition) is 14. The minimum absolute atomic E-state index is 0.0167. The molecular formula is C35H38N16O. The van der Waals surface area contributed by atoms with Crippen LogP contribution < -0.4 is 20.0 Å². The summed E-state index contributed by atoms with van der Waals surface area (Å²) < 4.78 is 18.5. The highest BCUT2D eigenvalue weighted by atomic mass is 16.2. The number of nitrogens with zero attached hydrogens (tertiary/aromatic N) is 14. The molecule has 17 nitrogen and oxygen atoms in total. The van der Waals surface area contributed by atoms with E-state index >= 15 is 0 Å². The molecule has 0 atom stereocenters. The molecule has 8 heterocycles. The van der Waals surface area contributed by atoms with Crippen LogP contribution in [0.1, 0.15) is 28.0 Å². The van der Waals surface area contributed by atoms with E-state index in [1.54, 1.807) is 35.6 Å². The Bertz CT molecular complexity index is 2380. The van der Waals surface area contributed by atoms with Gasteiger partial charge in [-0.3, -0.25) is 14.8 Å². The summed E-state index contributed by atoms with van der Waals surface area (Å²) >= 11 is 0. The van der Waals surface area contributed by atoms with E-state index in [0.717, 1.165) is 28.2 Å². The molecule has 52 heavy (non-hydrogen) atoms. The number of amides is 1. The van der Waals surface area contributed by atoms with Crippen molar-refractivity contribution in [2.24, 2.45) is 7.05 Å². The third kappa shape index (κ3) is 6.27. The fourth-order valence-corrected chi connectivity index (χ4v) is 5.98. The second-order valence-corrected chi connectivity index (χ2v) is 11.9. The van der Waals surface area contributed by atoms with Crippen molar-refractivity contribution in [2.45, 2.75) is 27.7 Å². The molecule has 0 aliphatic carbocycles. The van der Waals surface area contributed by atoms with Crippen molar-refractivity contribution in [3.63, 3.8) is 0 Å². The van der Waals surface area contributed by atoms with Gasteiger partial charge in [0.05, 0.1) is 39.6 Å². The van der Waals surface area contributed by atoms with E-state index in [4.69, 9.17) is 7.73 Å². The number of rotatable bonds is 6. The maximum Gasteiger partial charge on any atom is 0.247 e. The van der Waals surface area contributed by atoms with Crippen LogP contribution in [0, 0.1) is 13.8 Å². The van der Waals surface area contributed by atoms with Crippen molar-refractivity contribution in [3.8, 4) is 45.6 Å². The van der Waals surface area contributed by atoms with Crippen LogP contribution in [0.5, 0.6) is 0 Å². The molecule has 2 aliphatic rings. The van der Waals surface area contributed by atoms with E-state index in [1.807, 2.05) is 63.6 Å². The molecule has 0 saturated carbocycles. The van der Waals surface area contributed by atoms with Gasteiger partial charge in [0.15, 0.2) is 34.9 Å². The molecule has 0 saturated heterocycles. The van der Waals surface area contributed by atoms with Gasteiger partial charge in [-0.25, -0.2) is 34.9 Å². The number of aryl methyl sites for hydroxylation is 3. The molecule has 0 aromatic carbocycles. The molecule has 0 fully saturated rings. The Morgan fingerprint density at radius 1 is 0.827 bits per heavy atom. The summed E-state index contributed by atoms with van der Waals surface area (Å²) in [6.07, 6.45) is 6.42. The molecule has 0 unspecified atom stereocenters. The highest BCUT2D eigenvalue weighted by molar-refractivity contribution is 6.00. The lowest BCUT2D eigenvalue weighted by atomic mass is 10.1. The summed E-state index contributed by atoms with van der Waals surface area (Å²) in [4.78, 5) is 48.6. The quantitative estimate of drug-likeness (QED) is 0.255. The Hall–Kier alpha value is -6.65. The summed E-state index contributed by atoms with van der Waals surface area (Å²) in [5.41, 5.74) is 6.40. The van der Waals surface area contributed by atoms with Gasteiger partial charge in [0.2, 0.25) is 5.91 Å². The number of aromatic nitrogens is 12. The van der Waals surface area contributed by atoms with Gasteiger partial charge in [-0.2, -0.15) is 5.10 Å². The number of pyridine rings is 2. The minimum atomic E-state index is -1.73. The molecule has 264 valence electrons. The Balaban J connectivity index is 0.000000168. The van der Waals surface area contributed by atoms with Crippen molar-refractivity contribution in [1.82, 2.24) is 59.8 Å². The number of hydrogen-bond donors (Lipinski definition) is 2. The van der Waals surface area contributed by atoms with E-state index in [-0.39, 0.29) is 12.5 Å². The summed E-state index contributed by atoms with van der Waals surface area (Å²) in [7, 11) is 3.53. The Morgan fingerprint density at radius 2 is 1.50 bits per heavy atom. The van der Waals surface area contributed by atoms with Crippen molar-refractivity contribution < 1.29 is 7.54 Å². The van der Waals surface area contributed by atoms with Gasteiger partial charge in [0.1, 0.15) is 24.0 Å². The topological polar surface area (TPSA) is 188 Å². The van der Waals surface area contributed by atoms with E-state index in [0.29, 0.717) is 70.8 Å². The first-order chi connectivity index (χ1) is 25.9. The lowest BCUT2D eigenvalue weighted by Gasteiger charge is -2.36.